The molecule has 0 aromatic heterocycles. The summed E-state index contributed by atoms with van der Waals surface area (Å²) < 4.78 is 6.30. The number of halogens is 3. The minimum atomic E-state index is -0.877. The van der Waals surface area contributed by atoms with E-state index in [1.807, 2.05) is 6.92 Å². The largest absolute Gasteiger partial charge is 0.479 e. The Bertz CT molecular complexity index is 927. The van der Waals surface area contributed by atoms with Crippen LogP contribution in [0.4, 0.5) is 0 Å². The lowest BCUT2D eigenvalue weighted by Gasteiger charge is -2.17. The van der Waals surface area contributed by atoms with Crippen LogP contribution in [0.1, 0.15) is 22.8 Å². The van der Waals surface area contributed by atoms with E-state index in [0.717, 1.165) is 10.0 Å². The normalized spacial score (nSPS) is 11.3. The van der Waals surface area contributed by atoms with Crippen molar-refractivity contribution in [2.45, 2.75) is 20.0 Å². The molecule has 28 heavy (non-hydrogen) atoms. The molecule has 0 saturated heterocycles. The van der Waals surface area contributed by atoms with Crippen molar-refractivity contribution in [2.24, 2.45) is 0 Å². The summed E-state index contributed by atoms with van der Waals surface area (Å²) >= 11 is 20.2. The quantitative estimate of drug-likeness (QED) is 0.430. The number of ether oxygens (including phenoxy) is 1. The van der Waals surface area contributed by atoms with Gasteiger partial charge in [0.1, 0.15) is 5.75 Å². The van der Waals surface area contributed by atoms with Gasteiger partial charge in [-0.25, -0.2) is 0 Å². The molecule has 2 aromatic carbocycles. The monoisotopic (exact) mass is 503 g/mol. The smallest absolute Gasteiger partial charge is 0.279 e. The molecule has 0 aliphatic rings. The van der Waals surface area contributed by atoms with E-state index in [0.29, 0.717) is 16.3 Å². The van der Waals surface area contributed by atoms with Crippen LogP contribution in [0.5, 0.6) is 5.75 Å². The van der Waals surface area contributed by atoms with Crippen LogP contribution in [0.25, 0.3) is 0 Å². The predicted octanol–water partition coefficient (Wildman–Crippen LogP) is 4.17. The van der Waals surface area contributed by atoms with E-state index in [-0.39, 0.29) is 10.1 Å². The van der Waals surface area contributed by atoms with Crippen LogP contribution >= 0.6 is 51.3 Å². The first kappa shape index (κ1) is 22.4. The van der Waals surface area contributed by atoms with Gasteiger partial charge in [-0.3, -0.25) is 25.8 Å². The second kappa shape index (κ2) is 10.1. The summed E-state index contributed by atoms with van der Waals surface area (Å²) in [5.41, 5.74) is 6.23. The summed E-state index contributed by atoms with van der Waals surface area (Å²) in [6, 6.07) is 9.82. The van der Waals surface area contributed by atoms with Crippen molar-refractivity contribution in [3.63, 3.8) is 0 Å². The Balaban J connectivity index is 1.84. The van der Waals surface area contributed by atoms with Gasteiger partial charge in [0, 0.05) is 15.1 Å². The van der Waals surface area contributed by atoms with Crippen LogP contribution in [0.3, 0.4) is 0 Å². The van der Waals surface area contributed by atoms with Crippen LogP contribution in [0.2, 0.25) is 10.0 Å². The van der Waals surface area contributed by atoms with E-state index in [4.69, 9.17) is 40.2 Å². The van der Waals surface area contributed by atoms with E-state index < -0.39 is 17.9 Å². The summed E-state index contributed by atoms with van der Waals surface area (Å²) in [5, 5.41) is 3.15. The van der Waals surface area contributed by atoms with E-state index in [2.05, 4.69) is 32.1 Å². The maximum Gasteiger partial charge on any atom is 0.279 e. The first-order valence-corrected chi connectivity index (χ1v) is 9.92. The number of hydrazine groups is 1. The number of aryl methyl sites for hydroxylation is 1. The lowest BCUT2D eigenvalue weighted by molar-refractivity contribution is -0.127. The van der Waals surface area contributed by atoms with Gasteiger partial charge in [-0.05, 0) is 62.0 Å². The van der Waals surface area contributed by atoms with Crippen LogP contribution in [-0.4, -0.2) is 23.0 Å². The number of carbonyl (C=O) groups is 2. The van der Waals surface area contributed by atoms with Gasteiger partial charge in [0.15, 0.2) is 11.2 Å². The van der Waals surface area contributed by atoms with Crippen molar-refractivity contribution in [3.05, 3.63) is 62.0 Å². The van der Waals surface area contributed by atoms with Crippen molar-refractivity contribution in [1.82, 2.24) is 16.2 Å². The van der Waals surface area contributed by atoms with E-state index in [1.165, 1.54) is 13.0 Å². The highest BCUT2D eigenvalue weighted by Crippen LogP contribution is 2.28. The van der Waals surface area contributed by atoms with Gasteiger partial charge >= 0.3 is 0 Å². The zero-order valence-electron chi connectivity index (χ0n) is 14.8. The predicted molar refractivity (Wildman–Crippen MR) is 117 cm³/mol. The average Bonchev–Trinajstić information content (AvgIpc) is 2.64. The maximum atomic E-state index is 12.2. The third-order valence-corrected chi connectivity index (χ3v) is 5.12. The zero-order valence-corrected chi connectivity index (χ0v) is 18.7. The fourth-order valence-electron chi connectivity index (χ4n) is 1.98. The zero-order chi connectivity index (χ0) is 20.8. The molecule has 1 atom stereocenters. The second-order valence-electron chi connectivity index (χ2n) is 5.70. The van der Waals surface area contributed by atoms with Gasteiger partial charge in [-0.2, -0.15) is 0 Å². The van der Waals surface area contributed by atoms with Crippen molar-refractivity contribution < 1.29 is 14.3 Å². The Kier molecular flexibility index (Phi) is 8.06. The fraction of sp³-hybridized carbons (Fsp3) is 0.167. The molecule has 0 aliphatic carbocycles. The standard InChI is InChI=1S/C18H16BrCl2N3O3S/c1-9-3-4-11(7-13(9)19)17(26)22-18(28)24-23-16(25)10(2)27-15-6-5-12(20)8-14(15)21/h3-8,10H,1-2H3,(H,23,25)(H2,22,24,26,28). The maximum absolute atomic E-state index is 12.2. The van der Waals surface area contributed by atoms with Gasteiger partial charge in [-0.1, -0.05) is 45.2 Å². The highest BCUT2D eigenvalue weighted by Gasteiger charge is 2.17. The molecule has 3 N–H and O–H groups in total. The number of benzene rings is 2. The lowest BCUT2D eigenvalue weighted by Crippen LogP contribution is -2.51. The topological polar surface area (TPSA) is 79.5 Å². The molecule has 2 aromatic rings. The van der Waals surface area contributed by atoms with Crippen LogP contribution in [-0.2, 0) is 4.79 Å². The third-order valence-electron chi connectivity index (χ3n) is 3.53. The molecule has 0 heterocycles. The van der Waals surface area contributed by atoms with Gasteiger partial charge in [0.25, 0.3) is 11.8 Å². The van der Waals surface area contributed by atoms with Crippen molar-refractivity contribution in [3.8, 4) is 5.75 Å². The number of carbonyl (C=O) groups excluding carboxylic acids is 2. The molecule has 0 spiro atoms. The Morgan fingerprint density at radius 1 is 1.14 bits per heavy atom. The fourth-order valence-corrected chi connectivity index (χ4v) is 2.95. The first-order valence-electron chi connectivity index (χ1n) is 7.96. The molecule has 2 amide bonds. The SMILES string of the molecule is Cc1ccc(C(=O)NC(=S)NNC(=O)C(C)Oc2ccc(Cl)cc2Cl)cc1Br. The number of hydrogen-bond donors (Lipinski definition) is 3. The molecule has 0 radical (unpaired) electrons. The summed E-state index contributed by atoms with van der Waals surface area (Å²) in [6.45, 7) is 3.45. The Hall–Kier alpha value is -1.87. The summed E-state index contributed by atoms with van der Waals surface area (Å²) in [5.74, 6) is -0.611. The third kappa shape index (κ3) is 6.34. The molecule has 1 unspecified atom stereocenters. The summed E-state index contributed by atoms with van der Waals surface area (Å²) in [4.78, 5) is 24.3. The Morgan fingerprint density at radius 2 is 1.86 bits per heavy atom. The van der Waals surface area contributed by atoms with Crippen molar-refractivity contribution in [2.75, 3.05) is 0 Å². The van der Waals surface area contributed by atoms with Gasteiger partial charge in [0.05, 0.1) is 5.02 Å². The molecule has 6 nitrogen and oxygen atoms in total. The second-order valence-corrected chi connectivity index (χ2v) is 7.80. The Morgan fingerprint density at radius 3 is 2.50 bits per heavy atom. The van der Waals surface area contributed by atoms with Crippen LogP contribution < -0.4 is 20.9 Å². The first-order chi connectivity index (χ1) is 13.2. The highest BCUT2D eigenvalue weighted by molar-refractivity contribution is 9.10. The van der Waals surface area contributed by atoms with Crippen molar-refractivity contribution in [1.29, 1.82) is 0 Å². The molecule has 148 valence electrons. The van der Waals surface area contributed by atoms with Gasteiger partial charge in [-0.15, -0.1) is 0 Å². The summed E-state index contributed by atoms with van der Waals surface area (Å²) in [6.07, 6.45) is -0.877. The van der Waals surface area contributed by atoms with Gasteiger partial charge in [0.2, 0.25) is 0 Å². The summed E-state index contributed by atoms with van der Waals surface area (Å²) in [7, 11) is 0. The van der Waals surface area contributed by atoms with E-state index >= 15 is 0 Å². The molecule has 0 bridgehead atoms. The molecular weight excluding hydrogens is 489 g/mol. The highest BCUT2D eigenvalue weighted by atomic mass is 79.9. The Labute approximate surface area is 186 Å². The van der Waals surface area contributed by atoms with Gasteiger partial charge < -0.3 is 4.74 Å². The van der Waals surface area contributed by atoms with E-state index in [1.54, 1.807) is 30.3 Å². The van der Waals surface area contributed by atoms with Crippen LogP contribution in [0, 0.1) is 6.92 Å². The molecular formula is C18H16BrCl2N3O3S. The number of rotatable bonds is 4. The minimum Gasteiger partial charge on any atom is -0.479 e. The van der Waals surface area contributed by atoms with Crippen molar-refractivity contribution >= 4 is 68.3 Å². The molecule has 0 saturated carbocycles. The number of nitrogens with one attached hydrogen (secondary N) is 3. The molecule has 0 aliphatic heterocycles. The number of hydrogen-bond acceptors (Lipinski definition) is 4. The minimum absolute atomic E-state index is 0.0632. The molecule has 10 heteroatoms. The average molecular weight is 505 g/mol. The molecule has 0 fully saturated rings. The van der Waals surface area contributed by atoms with Crippen LogP contribution in [0.15, 0.2) is 40.9 Å². The van der Waals surface area contributed by atoms with E-state index in [9.17, 15) is 9.59 Å². The number of thiocarbonyl (C=S) groups is 1. The molecule has 2 rings (SSSR count). The lowest BCUT2D eigenvalue weighted by atomic mass is 10.1. The number of amides is 2.